The van der Waals surface area contributed by atoms with Crippen molar-refractivity contribution in [2.45, 2.75) is 0 Å². The summed E-state index contributed by atoms with van der Waals surface area (Å²) < 4.78 is 16.0. The molecule has 1 N–H and O–H groups in total. The Hall–Kier alpha value is -2.77. The molecule has 2 aromatic rings. The van der Waals surface area contributed by atoms with Crippen molar-refractivity contribution in [3.63, 3.8) is 0 Å². The molecule has 1 fully saturated rings. The molecule has 0 unspecified atom stereocenters. The highest BCUT2D eigenvalue weighted by atomic mass is 35.5. The van der Waals surface area contributed by atoms with E-state index in [2.05, 4.69) is 5.32 Å². The second kappa shape index (κ2) is 7.85. The number of halogens is 1. The molecular weight excluding hydrogens is 388 g/mol. The first-order valence-electron chi connectivity index (χ1n) is 7.91. The quantitative estimate of drug-likeness (QED) is 0.606. The van der Waals surface area contributed by atoms with Crippen molar-refractivity contribution >= 4 is 46.6 Å². The van der Waals surface area contributed by atoms with Gasteiger partial charge in [0.25, 0.3) is 5.91 Å². The minimum absolute atomic E-state index is 0.279. The number of nitrogens with zero attached hydrogens (tertiary/aromatic N) is 1. The fourth-order valence-electron chi connectivity index (χ4n) is 2.68. The van der Waals surface area contributed by atoms with Crippen LogP contribution in [-0.2, 0) is 4.79 Å². The van der Waals surface area contributed by atoms with Gasteiger partial charge in [0, 0.05) is 16.7 Å². The molecule has 1 saturated heterocycles. The van der Waals surface area contributed by atoms with Gasteiger partial charge in [0.15, 0.2) is 16.6 Å². The van der Waals surface area contributed by atoms with Crippen molar-refractivity contribution in [2.75, 3.05) is 26.2 Å². The lowest BCUT2D eigenvalue weighted by atomic mass is 10.1. The van der Waals surface area contributed by atoms with Gasteiger partial charge in [0.1, 0.15) is 11.4 Å². The molecule has 0 spiro atoms. The molecule has 1 aliphatic heterocycles. The lowest BCUT2D eigenvalue weighted by Gasteiger charge is -2.14. The predicted molar refractivity (Wildman–Crippen MR) is 109 cm³/mol. The zero-order chi connectivity index (χ0) is 19.6. The molecule has 1 heterocycles. The molecule has 2 aromatic carbocycles. The lowest BCUT2D eigenvalue weighted by Crippen LogP contribution is -2.30. The highest BCUT2D eigenvalue weighted by Crippen LogP contribution is 2.36. The van der Waals surface area contributed by atoms with E-state index in [1.54, 1.807) is 49.6 Å². The summed E-state index contributed by atoms with van der Waals surface area (Å²) in [4.78, 5) is 14.3. The van der Waals surface area contributed by atoms with E-state index in [1.807, 2.05) is 0 Å². The first-order chi connectivity index (χ1) is 13.0. The number of ether oxygens (including phenoxy) is 3. The van der Waals surface area contributed by atoms with Gasteiger partial charge < -0.3 is 19.5 Å². The van der Waals surface area contributed by atoms with E-state index in [1.165, 1.54) is 19.1 Å². The van der Waals surface area contributed by atoms with E-state index in [0.717, 1.165) is 0 Å². The second-order valence-electron chi connectivity index (χ2n) is 5.55. The lowest BCUT2D eigenvalue weighted by molar-refractivity contribution is -0.113. The van der Waals surface area contributed by atoms with Crippen LogP contribution in [0.15, 0.2) is 42.1 Å². The van der Waals surface area contributed by atoms with Crippen LogP contribution in [0.2, 0.25) is 5.02 Å². The number of nitrogens with one attached hydrogen (secondary N) is 1. The molecule has 0 bridgehead atoms. The molecule has 8 heteroatoms. The molecule has 0 aromatic heterocycles. The van der Waals surface area contributed by atoms with Crippen LogP contribution in [0, 0.1) is 0 Å². The summed E-state index contributed by atoms with van der Waals surface area (Å²) in [6.07, 6.45) is 1.66. The van der Waals surface area contributed by atoms with Gasteiger partial charge in [-0.3, -0.25) is 9.69 Å². The number of anilines is 1. The van der Waals surface area contributed by atoms with E-state index in [-0.39, 0.29) is 11.0 Å². The number of thiocarbonyl (C=S) groups is 1. The van der Waals surface area contributed by atoms with Crippen LogP contribution in [0.25, 0.3) is 6.08 Å². The minimum atomic E-state index is -0.279. The maximum atomic E-state index is 12.9. The Kier molecular flexibility index (Phi) is 5.53. The molecule has 140 valence electrons. The Labute approximate surface area is 167 Å². The molecule has 0 atom stereocenters. The van der Waals surface area contributed by atoms with Gasteiger partial charge in [-0.05, 0) is 48.6 Å². The molecule has 27 heavy (non-hydrogen) atoms. The van der Waals surface area contributed by atoms with Gasteiger partial charge in [-0.25, -0.2) is 0 Å². The molecule has 1 amide bonds. The smallest absolute Gasteiger partial charge is 0.281 e. The van der Waals surface area contributed by atoms with Crippen LogP contribution >= 0.6 is 23.8 Å². The molecular formula is C19H17ClN2O4S. The van der Waals surface area contributed by atoms with Crippen LogP contribution < -0.4 is 24.4 Å². The van der Waals surface area contributed by atoms with Gasteiger partial charge in [-0.15, -0.1) is 0 Å². The Morgan fingerprint density at radius 3 is 2.19 bits per heavy atom. The Morgan fingerprint density at radius 2 is 1.59 bits per heavy atom. The topological polar surface area (TPSA) is 60.0 Å². The molecule has 0 saturated carbocycles. The van der Waals surface area contributed by atoms with Crippen molar-refractivity contribution in [3.05, 3.63) is 52.7 Å². The average Bonchev–Trinajstić information content (AvgIpc) is 2.95. The van der Waals surface area contributed by atoms with Crippen LogP contribution in [0.3, 0.4) is 0 Å². The Balaban J connectivity index is 1.99. The zero-order valence-electron chi connectivity index (χ0n) is 14.9. The summed E-state index contributed by atoms with van der Waals surface area (Å²) in [6.45, 7) is 0. The molecule has 0 radical (unpaired) electrons. The summed E-state index contributed by atoms with van der Waals surface area (Å²) in [7, 11) is 4.62. The van der Waals surface area contributed by atoms with Crippen molar-refractivity contribution in [2.24, 2.45) is 0 Å². The highest BCUT2D eigenvalue weighted by Gasteiger charge is 2.32. The fraction of sp³-hybridized carbons (Fsp3) is 0.158. The van der Waals surface area contributed by atoms with Gasteiger partial charge in [-0.2, -0.15) is 0 Å². The van der Waals surface area contributed by atoms with E-state index in [4.69, 9.17) is 38.0 Å². The third-order valence-corrected chi connectivity index (χ3v) is 4.54. The fourth-order valence-corrected chi connectivity index (χ4v) is 3.11. The van der Waals surface area contributed by atoms with Crippen LogP contribution in [-0.4, -0.2) is 32.3 Å². The number of carbonyl (C=O) groups is 1. The number of rotatable bonds is 5. The van der Waals surface area contributed by atoms with E-state index in [9.17, 15) is 4.79 Å². The summed E-state index contributed by atoms with van der Waals surface area (Å²) in [6, 6.07) is 10.3. The largest absolute Gasteiger partial charge is 0.496 e. The van der Waals surface area contributed by atoms with Crippen LogP contribution in [0.4, 0.5) is 5.69 Å². The molecule has 1 aliphatic rings. The number of amides is 1. The monoisotopic (exact) mass is 404 g/mol. The van der Waals surface area contributed by atoms with Crippen molar-refractivity contribution in [3.8, 4) is 17.2 Å². The molecule has 0 aliphatic carbocycles. The zero-order valence-corrected chi connectivity index (χ0v) is 16.5. The normalized spacial score (nSPS) is 15.1. The summed E-state index contributed by atoms with van der Waals surface area (Å²) in [5.41, 5.74) is 1.59. The molecule has 6 nitrogen and oxygen atoms in total. The summed E-state index contributed by atoms with van der Waals surface area (Å²) in [5, 5.41) is 3.81. The van der Waals surface area contributed by atoms with Gasteiger partial charge >= 0.3 is 0 Å². The third kappa shape index (κ3) is 3.70. The SMILES string of the molecule is COc1cc(OC)c(OC)cc1/C=C1\NC(=S)N(c2ccc(Cl)cc2)C1=O. The van der Waals surface area contributed by atoms with Crippen LogP contribution in [0.5, 0.6) is 17.2 Å². The number of benzene rings is 2. The summed E-state index contributed by atoms with van der Waals surface area (Å²) in [5.74, 6) is 1.30. The average molecular weight is 405 g/mol. The first kappa shape index (κ1) is 19.0. The van der Waals surface area contributed by atoms with E-state index >= 15 is 0 Å². The third-order valence-electron chi connectivity index (χ3n) is 4.00. The van der Waals surface area contributed by atoms with Crippen LogP contribution in [0.1, 0.15) is 5.56 Å². The predicted octanol–water partition coefficient (Wildman–Crippen LogP) is 3.63. The van der Waals surface area contributed by atoms with E-state index in [0.29, 0.717) is 39.2 Å². The number of carbonyl (C=O) groups excluding carboxylic acids is 1. The van der Waals surface area contributed by atoms with Crippen molar-refractivity contribution < 1.29 is 19.0 Å². The number of methoxy groups -OCH3 is 3. The molecule has 3 rings (SSSR count). The van der Waals surface area contributed by atoms with E-state index < -0.39 is 0 Å². The van der Waals surface area contributed by atoms with Gasteiger partial charge in [-0.1, -0.05) is 11.6 Å². The van der Waals surface area contributed by atoms with Crippen molar-refractivity contribution in [1.82, 2.24) is 5.32 Å². The van der Waals surface area contributed by atoms with Gasteiger partial charge in [0.2, 0.25) is 0 Å². The highest BCUT2D eigenvalue weighted by molar-refractivity contribution is 7.80. The maximum Gasteiger partial charge on any atom is 0.281 e. The maximum absolute atomic E-state index is 12.9. The van der Waals surface area contributed by atoms with Crippen molar-refractivity contribution in [1.29, 1.82) is 0 Å². The minimum Gasteiger partial charge on any atom is -0.496 e. The number of hydrogen-bond acceptors (Lipinski definition) is 5. The first-order valence-corrected chi connectivity index (χ1v) is 8.69. The number of hydrogen-bond donors (Lipinski definition) is 1. The second-order valence-corrected chi connectivity index (χ2v) is 6.38. The Morgan fingerprint density at radius 1 is 1.00 bits per heavy atom. The van der Waals surface area contributed by atoms with Gasteiger partial charge in [0.05, 0.1) is 27.0 Å². The standard InChI is InChI=1S/C19H17ClN2O4S/c1-24-15-10-17(26-3)16(25-2)9-11(15)8-14-18(23)22(19(27)21-14)13-6-4-12(20)5-7-13/h4-10H,1-3H3,(H,21,27)/b14-8-. The summed E-state index contributed by atoms with van der Waals surface area (Å²) >= 11 is 11.2. The Bertz CT molecular complexity index is 928.